The lowest BCUT2D eigenvalue weighted by Gasteiger charge is -2.23. The number of aromatic amines is 1. The largest absolute Gasteiger partial charge is 0.319 e. The van der Waals surface area contributed by atoms with Crippen molar-refractivity contribution in [1.29, 1.82) is 0 Å². The second-order valence-electron chi connectivity index (χ2n) is 10.4. The molecule has 2 aliphatic rings. The number of benzene rings is 2. The Morgan fingerprint density at radius 1 is 1.05 bits per heavy atom. The maximum absolute atomic E-state index is 14.4. The number of halogens is 1. The number of para-hydroxylation sites is 2. The SMILES string of the molecule is Cc1cccc(F)c1NC(=O)c1cc2c(s1)-c1ccccc1N(C(=O)c1cccc(-c3c[nH]nc3C3CC3)n1)CC2. The van der Waals surface area contributed by atoms with Crippen molar-refractivity contribution in [3.8, 4) is 21.7 Å². The van der Waals surface area contributed by atoms with E-state index in [9.17, 15) is 14.0 Å². The van der Waals surface area contributed by atoms with Crippen molar-refractivity contribution in [2.75, 3.05) is 16.8 Å². The van der Waals surface area contributed by atoms with Crippen LogP contribution in [-0.2, 0) is 6.42 Å². The minimum Gasteiger partial charge on any atom is -0.319 e. The van der Waals surface area contributed by atoms with E-state index in [2.05, 4.69) is 15.5 Å². The molecule has 0 saturated heterocycles. The molecule has 5 aromatic rings. The average Bonchev–Trinajstić information content (AvgIpc) is 3.59. The van der Waals surface area contributed by atoms with Gasteiger partial charge in [-0.2, -0.15) is 5.10 Å². The summed E-state index contributed by atoms with van der Waals surface area (Å²) in [5.74, 6) is -0.548. The van der Waals surface area contributed by atoms with Gasteiger partial charge in [0.2, 0.25) is 0 Å². The van der Waals surface area contributed by atoms with Crippen molar-refractivity contribution < 1.29 is 14.0 Å². The fourth-order valence-electron chi connectivity index (χ4n) is 5.40. The van der Waals surface area contributed by atoms with E-state index in [1.807, 2.05) is 48.7 Å². The highest BCUT2D eigenvalue weighted by molar-refractivity contribution is 7.17. The van der Waals surface area contributed by atoms with Gasteiger partial charge in [0, 0.05) is 34.7 Å². The first-order chi connectivity index (χ1) is 20.0. The van der Waals surface area contributed by atoms with Gasteiger partial charge in [-0.3, -0.25) is 14.7 Å². The number of aromatic nitrogens is 3. The molecule has 0 bridgehead atoms. The Kier molecular flexibility index (Phi) is 6.23. The lowest BCUT2D eigenvalue weighted by molar-refractivity contribution is 0.0981. The summed E-state index contributed by atoms with van der Waals surface area (Å²) in [6.45, 7) is 2.19. The molecule has 2 amide bonds. The summed E-state index contributed by atoms with van der Waals surface area (Å²) in [5.41, 5.74) is 6.51. The molecule has 1 aliphatic carbocycles. The quantitative estimate of drug-likeness (QED) is 0.241. The first-order valence-corrected chi connectivity index (χ1v) is 14.4. The predicted molar refractivity (Wildman–Crippen MR) is 158 cm³/mol. The molecule has 1 saturated carbocycles. The van der Waals surface area contributed by atoms with Crippen LogP contribution in [0.5, 0.6) is 0 Å². The zero-order valence-electron chi connectivity index (χ0n) is 22.3. The van der Waals surface area contributed by atoms with Crippen LogP contribution in [0.15, 0.2) is 72.9 Å². The Morgan fingerprint density at radius 2 is 1.88 bits per heavy atom. The first kappa shape index (κ1) is 25.3. The molecule has 2 aromatic carbocycles. The molecule has 0 unspecified atom stereocenters. The van der Waals surface area contributed by atoms with Crippen LogP contribution in [0.3, 0.4) is 0 Å². The highest BCUT2D eigenvalue weighted by Gasteiger charge is 2.31. The fraction of sp³-hybridized carbons (Fsp3) is 0.188. The molecule has 9 heteroatoms. The van der Waals surface area contributed by atoms with E-state index in [4.69, 9.17) is 4.98 Å². The van der Waals surface area contributed by atoms with E-state index in [1.54, 1.807) is 30.0 Å². The van der Waals surface area contributed by atoms with E-state index in [0.717, 1.165) is 51.5 Å². The molecule has 0 spiro atoms. The van der Waals surface area contributed by atoms with Gasteiger partial charge in [0.05, 0.1) is 27.6 Å². The van der Waals surface area contributed by atoms with E-state index in [1.165, 1.54) is 17.4 Å². The number of anilines is 2. The summed E-state index contributed by atoms with van der Waals surface area (Å²) >= 11 is 1.35. The van der Waals surface area contributed by atoms with Gasteiger partial charge >= 0.3 is 0 Å². The minimum absolute atomic E-state index is 0.182. The van der Waals surface area contributed by atoms with Crippen molar-refractivity contribution in [3.05, 3.63) is 106 Å². The van der Waals surface area contributed by atoms with Crippen LogP contribution in [0.2, 0.25) is 0 Å². The highest BCUT2D eigenvalue weighted by atomic mass is 32.1. The smallest absolute Gasteiger partial charge is 0.276 e. The van der Waals surface area contributed by atoms with Crippen LogP contribution in [0, 0.1) is 12.7 Å². The second-order valence-corrected chi connectivity index (χ2v) is 11.5. The Bertz CT molecular complexity index is 1800. The third-order valence-electron chi connectivity index (χ3n) is 7.66. The van der Waals surface area contributed by atoms with E-state index in [-0.39, 0.29) is 17.5 Å². The number of rotatable bonds is 5. The number of H-pyrrole nitrogens is 1. The van der Waals surface area contributed by atoms with E-state index >= 15 is 0 Å². The van der Waals surface area contributed by atoms with Crippen LogP contribution >= 0.6 is 11.3 Å². The summed E-state index contributed by atoms with van der Waals surface area (Å²) in [5, 5.41) is 10.1. The van der Waals surface area contributed by atoms with Crippen LogP contribution in [0.1, 0.15) is 55.7 Å². The molecule has 1 fully saturated rings. The maximum atomic E-state index is 14.4. The average molecular weight is 564 g/mol. The normalized spacial score (nSPS) is 14.2. The molecule has 0 atom stereocenters. The van der Waals surface area contributed by atoms with E-state index in [0.29, 0.717) is 35.0 Å². The number of aryl methyl sites for hydroxylation is 1. The van der Waals surface area contributed by atoms with E-state index < -0.39 is 5.82 Å². The van der Waals surface area contributed by atoms with Crippen molar-refractivity contribution in [1.82, 2.24) is 15.2 Å². The number of carbonyl (C=O) groups excluding carboxylic acids is 2. The molecule has 7 nitrogen and oxygen atoms in total. The van der Waals surface area contributed by atoms with Gasteiger partial charge in [0.25, 0.3) is 11.8 Å². The number of thiophene rings is 1. The van der Waals surface area contributed by atoms with Crippen molar-refractivity contribution in [2.24, 2.45) is 0 Å². The standard InChI is InChI=1S/C32H26FN5O2S/c1-18-6-4-8-23(33)28(18)36-31(39)27-16-20-14-15-38(26-11-3-2-7-21(26)30(20)41-27)32(40)25-10-5-9-24(35-25)22-17-34-37-29(22)19-12-13-19/h2-11,16-17,19H,12-15H2,1H3,(H,34,37)(H,36,39). The maximum Gasteiger partial charge on any atom is 0.276 e. The number of nitrogens with one attached hydrogen (secondary N) is 2. The Hall–Kier alpha value is -4.63. The molecular weight excluding hydrogens is 537 g/mol. The monoisotopic (exact) mass is 563 g/mol. The molecule has 2 N–H and O–H groups in total. The first-order valence-electron chi connectivity index (χ1n) is 13.6. The number of fused-ring (bicyclic) bond motifs is 3. The fourth-order valence-corrected chi connectivity index (χ4v) is 6.54. The van der Waals surface area contributed by atoms with Gasteiger partial charge in [-0.1, -0.05) is 36.4 Å². The minimum atomic E-state index is -0.467. The summed E-state index contributed by atoms with van der Waals surface area (Å²) in [7, 11) is 0. The van der Waals surface area contributed by atoms with Crippen molar-refractivity contribution in [2.45, 2.75) is 32.1 Å². The summed E-state index contributed by atoms with van der Waals surface area (Å²) in [6, 6.07) is 19.8. The molecule has 4 heterocycles. The number of nitrogens with zero attached hydrogens (tertiary/aromatic N) is 3. The molecule has 1 aliphatic heterocycles. The molecule has 3 aromatic heterocycles. The van der Waals surface area contributed by atoms with Crippen molar-refractivity contribution >= 4 is 34.5 Å². The predicted octanol–water partition coefficient (Wildman–Crippen LogP) is 6.98. The van der Waals surface area contributed by atoms with Gasteiger partial charge in [0.15, 0.2) is 0 Å². The molecule has 41 heavy (non-hydrogen) atoms. The van der Waals surface area contributed by atoms with Gasteiger partial charge in [-0.15, -0.1) is 11.3 Å². The Balaban J connectivity index is 1.19. The van der Waals surface area contributed by atoms with Gasteiger partial charge < -0.3 is 10.2 Å². The third kappa shape index (κ3) is 4.62. The van der Waals surface area contributed by atoms with Gasteiger partial charge in [-0.05, 0) is 67.6 Å². The molecule has 204 valence electrons. The summed E-state index contributed by atoms with van der Waals surface area (Å²) in [6.07, 6.45) is 4.66. The number of hydrogen-bond acceptors (Lipinski definition) is 5. The summed E-state index contributed by atoms with van der Waals surface area (Å²) < 4.78 is 14.4. The second kappa shape index (κ2) is 10.1. The Morgan fingerprint density at radius 3 is 2.71 bits per heavy atom. The van der Waals surface area contributed by atoms with Gasteiger partial charge in [0.1, 0.15) is 11.5 Å². The van der Waals surface area contributed by atoms with Crippen molar-refractivity contribution in [3.63, 3.8) is 0 Å². The van der Waals surface area contributed by atoms with Crippen LogP contribution in [-0.4, -0.2) is 33.5 Å². The Labute approximate surface area is 240 Å². The van der Waals surface area contributed by atoms with Crippen LogP contribution in [0.4, 0.5) is 15.8 Å². The van der Waals surface area contributed by atoms with Crippen LogP contribution < -0.4 is 10.2 Å². The van der Waals surface area contributed by atoms with Gasteiger partial charge in [-0.25, -0.2) is 9.37 Å². The zero-order chi connectivity index (χ0) is 28.1. The highest BCUT2D eigenvalue weighted by Crippen LogP contribution is 2.44. The lowest BCUT2D eigenvalue weighted by Crippen LogP contribution is -2.33. The lowest BCUT2D eigenvalue weighted by atomic mass is 10.1. The molecular formula is C32H26FN5O2S. The topological polar surface area (TPSA) is 91.0 Å². The molecule has 0 radical (unpaired) electrons. The summed E-state index contributed by atoms with van der Waals surface area (Å²) in [4.78, 5) is 35.0. The third-order valence-corrected chi connectivity index (χ3v) is 8.87. The number of carbonyl (C=O) groups is 2. The number of pyridine rings is 1. The van der Waals surface area contributed by atoms with Crippen LogP contribution in [0.25, 0.3) is 21.7 Å². The zero-order valence-corrected chi connectivity index (χ0v) is 23.1. The number of hydrogen-bond donors (Lipinski definition) is 2. The molecule has 7 rings (SSSR count). The number of amides is 2.